The lowest BCUT2D eigenvalue weighted by molar-refractivity contribution is 0.542. The molecule has 1 atom stereocenters. The van der Waals surface area contributed by atoms with Gasteiger partial charge in [0.15, 0.2) is 11.6 Å². The monoisotopic (exact) mass is 311 g/mol. The number of aryl methyl sites for hydroxylation is 1. The fourth-order valence-electron chi connectivity index (χ4n) is 1.48. The van der Waals surface area contributed by atoms with Gasteiger partial charge in [-0.15, -0.1) is 0 Å². The zero-order chi connectivity index (χ0) is 14.5. The maximum atomic E-state index is 13.8. The first kappa shape index (κ1) is 14.9. The Labute approximate surface area is 124 Å². The molecule has 1 N–H and O–H groups in total. The summed E-state index contributed by atoms with van der Waals surface area (Å²) in [7, 11) is -1.23. The maximum Gasteiger partial charge on any atom is 0.173 e. The van der Waals surface area contributed by atoms with E-state index < -0.39 is 16.8 Å². The Morgan fingerprint density at radius 2 is 1.90 bits per heavy atom. The summed E-state index contributed by atoms with van der Waals surface area (Å²) >= 11 is 1.10. The molecule has 0 aromatic heterocycles. The molecule has 2 aromatic rings. The highest BCUT2D eigenvalue weighted by Crippen LogP contribution is 2.28. The van der Waals surface area contributed by atoms with Gasteiger partial charge in [-0.1, -0.05) is 17.7 Å². The van der Waals surface area contributed by atoms with Crippen LogP contribution in [0.4, 0.5) is 10.1 Å². The summed E-state index contributed by atoms with van der Waals surface area (Å²) in [6.45, 7) is 2.00. The van der Waals surface area contributed by atoms with E-state index in [9.17, 15) is 8.60 Å². The quantitative estimate of drug-likeness (QED) is 0.850. The lowest BCUT2D eigenvalue weighted by Gasteiger charge is -2.07. The van der Waals surface area contributed by atoms with Crippen molar-refractivity contribution in [2.75, 3.05) is 11.0 Å². The van der Waals surface area contributed by atoms with E-state index in [1.54, 1.807) is 6.07 Å². The van der Waals surface area contributed by atoms with Crippen LogP contribution in [0.5, 0.6) is 5.75 Å². The highest BCUT2D eigenvalue weighted by Gasteiger charge is 2.07. The molecule has 1 unspecified atom stereocenters. The fourth-order valence-corrected chi connectivity index (χ4v) is 2.51. The van der Waals surface area contributed by atoms with Gasteiger partial charge in [-0.3, -0.25) is 0 Å². The van der Waals surface area contributed by atoms with Crippen molar-refractivity contribution >= 4 is 28.7 Å². The average Bonchev–Trinajstić information content (AvgIpc) is 2.39. The topological polar surface area (TPSA) is 38.3 Å². The van der Waals surface area contributed by atoms with Gasteiger partial charge in [0.05, 0.1) is 12.0 Å². The van der Waals surface area contributed by atoms with Gasteiger partial charge in [-0.05, 0) is 31.2 Å². The van der Waals surface area contributed by atoms with E-state index >= 15 is 0 Å². The van der Waals surface area contributed by atoms with E-state index in [4.69, 9.17) is 4.18 Å². The van der Waals surface area contributed by atoms with Crippen LogP contribution in [0.15, 0.2) is 47.4 Å². The van der Waals surface area contributed by atoms with E-state index in [1.807, 2.05) is 31.2 Å². The molecule has 3 nitrogen and oxygen atoms in total. The molecule has 0 heterocycles. The predicted molar refractivity (Wildman–Crippen MR) is 81.8 cm³/mol. The van der Waals surface area contributed by atoms with Gasteiger partial charge < -0.3 is 8.91 Å². The lowest BCUT2D eigenvalue weighted by Crippen LogP contribution is -2.01. The molecule has 6 heteroatoms. The van der Waals surface area contributed by atoms with E-state index in [-0.39, 0.29) is 5.75 Å². The number of hydrogen-bond donors (Lipinski definition) is 1. The van der Waals surface area contributed by atoms with E-state index in [0.717, 1.165) is 22.5 Å². The highest BCUT2D eigenvalue weighted by atomic mass is 32.2. The first-order valence-corrected chi connectivity index (χ1v) is 8.15. The average molecular weight is 311 g/mol. The standard InChI is InChI=1S/C14H14FNO2S2/c1-10-3-6-12(7-4-10)19-18-14-8-5-11(9-13(14)15)16-20(2)17/h3-9,16H,1-2H3. The third-order valence-electron chi connectivity index (χ3n) is 2.44. The van der Waals surface area contributed by atoms with Crippen molar-refractivity contribution in [3.63, 3.8) is 0 Å². The molecule has 0 aliphatic carbocycles. The minimum absolute atomic E-state index is 0.142. The van der Waals surface area contributed by atoms with Crippen LogP contribution in [0.1, 0.15) is 5.56 Å². The van der Waals surface area contributed by atoms with Crippen molar-refractivity contribution in [1.29, 1.82) is 0 Å². The first-order valence-electron chi connectivity index (χ1n) is 5.85. The molecular formula is C14H14FNO2S2. The van der Waals surface area contributed by atoms with Gasteiger partial charge in [0, 0.05) is 22.9 Å². The second kappa shape index (κ2) is 6.76. The molecule has 0 spiro atoms. The second-order valence-electron chi connectivity index (χ2n) is 4.18. The van der Waals surface area contributed by atoms with Crippen molar-refractivity contribution in [1.82, 2.24) is 0 Å². The van der Waals surface area contributed by atoms with Crippen LogP contribution in [-0.2, 0) is 11.0 Å². The number of rotatable bonds is 5. The third kappa shape index (κ3) is 4.25. The summed E-state index contributed by atoms with van der Waals surface area (Å²) in [5.41, 5.74) is 1.61. The molecule has 0 radical (unpaired) electrons. The third-order valence-corrected chi connectivity index (χ3v) is 3.69. The van der Waals surface area contributed by atoms with Gasteiger partial charge in [0.1, 0.15) is 11.0 Å². The summed E-state index contributed by atoms with van der Waals surface area (Å²) in [6, 6.07) is 12.1. The van der Waals surface area contributed by atoms with Crippen molar-refractivity contribution in [2.24, 2.45) is 0 Å². The highest BCUT2D eigenvalue weighted by molar-refractivity contribution is 7.95. The molecule has 2 aromatic carbocycles. The molecule has 0 saturated heterocycles. The predicted octanol–water partition coefficient (Wildman–Crippen LogP) is 3.93. The molecule has 20 heavy (non-hydrogen) atoms. The van der Waals surface area contributed by atoms with Crippen molar-refractivity contribution in [2.45, 2.75) is 11.8 Å². The number of benzene rings is 2. The Balaban J connectivity index is 2.02. The van der Waals surface area contributed by atoms with Gasteiger partial charge in [0.25, 0.3) is 0 Å². The van der Waals surface area contributed by atoms with Crippen molar-refractivity contribution < 1.29 is 12.8 Å². The molecule has 106 valence electrons. The number of halogens is 1. The molecule has 0 aliphatic rings. The smallest absolute Gasteiger partial charge is 0.173 e. The van der Waals surface area contributed by atoms with Gasteiger partial charge in [0.2, 0.25) is 0 Å². The zero-order valence-corrected chi connectivity index (χ0v) is 12.7. The number of hydrogen-bond acceptors (Lipinski definition) is 3. The molecule has 0 fully saturated rings. The minimum atomic E-state index is -1.23. The molecule has 0 bridgehead atoms. The van der Waals surface area contributed by atoms with Crippen LogP contribution in [0.3, 0.4) is 0 Å². The summed E-state index contributed by atoms with van der Waals surface area (Å²) in [4.78, 5) is 0.895. The van der Waals surface area contributed by atoms with Gasteiger partial charge >= 0.3 is 0 Å². The normalized spacial score (nSPS) is 11.9. The maximum absolute atomic E-state index is 13.8. The molecule has 2 rings (SSSR count). The number of anilines is 1. The van der Waals surface area contributed by atoms with E-state index in [1.165, 1.54) is 18.4 Å². The van der Waals surface area contributed by atoms with Gasteiger partial charge in [-0.25, -0.2) is 8.60 Å². The summed E-state index contributed by atoms with van der Waals surface area (Å²) in [5.74, 6) is -0.358. The van der Waals surface area contributed by atoms with E-state index in [2.05, 4.69) is 4.72 Å². The number of nitrogens with one attached hydrogen (secondary N) is 1. The Morgan fingerprint density at radius 1 is 1.20 bits per heavy atom. The second-order valence-corrected chi connectivity index (χ2v) is 6.10. The molecule has 0 aliphatic heterocycles. The van der Waals surface area contributed by atoms with Crippen LogP contribution in [0.25, 0.3) is 0 Å². The summed E-state index contributed by atoms with van der Waals surface area (Å²) < 4.78 is 32.8. The Hall–Kier alpha value is -1.53. The Bertz CT molecular complexity index is 617. The minimum Gasteiger partial charge on any atom is -0.418 e. The SMILES string of the molecule is Cc1ccc(SOc2ccc(NS(C)=O)cc2F)cc1. The van der Waals surface area contributed by atoms with Crippen LogP contribution in [0.2, 0.25) is 0 Å². The van der Waals surface area contributed by atoms with Crippen LogP contribution in [0, 0.1) is 12.7 Å². The van der Waals surface area contributed by atoms with Crippen LogP contribution in [-0.4, -0.2) is 10.5 Å². The fraction of sp³-hybridized carbons (Fsp3) is 0.143. The lowest BCUT2D eigenvalue weighted by atomic mass is 10.2. The molecule has 0 saturated carbocycles. The largest absolute Gasteiger partial charge is 0.418 e. The summed E-state index contributed by atoms with van der Waals surface area (Å²) in [5, 5.41) is 0. The Morgan fingerprint density at radius 3 is 2.50 bits per heavy atom. The zero-order valence-electron chi connectivity index (χ0n) is 11.1. The Kier molecular flexibility index (Phi) is 5.03. The van der Waals surface area contributed by atoms with E-state index in [0.29, 0.717) is 5.69 Å². The van der Waals surface area contributed by atoms with Crippen molar-refractivity contribution in [3.8, 4) is 5.75 Å². The van der Waals surface area contributed by atoms with Crippen LogP contribution < -0.4 is 8.91 Å². The van der Waals surface area contributed by atoms with Crippen molar-refractivity contribution in [3.05, 3.63) is 53.8 Å². The first-order chi connectivity index (χ1) is 9.54. The van der Waals surface area contributed by atoms with Gasteiger partial charge in [-0.2, -0.15) is 0 Å². The molecule has 0 amide bonds. The van der Waals surface area contributed by atoms with Crippen LogP contribution >= 0.6 is 12.0 Å². The molecular weight excluding hydrogens is 297 g/mol. The summed E-state index contributed by atoms with van der Waals surface area (Å²) in [6.07, 6.45) is 1.48.